The minimum Gasteiger partial charge on any atom is -0.366 e. The number of rotatable bonds is 3. The topological polar surface area (TPSA) is 94.0 Å². The van der Waals surface area contributed by atoms with E-state index in [0.29, 0.717) is 24.7 Å². The van der Waals surface area contributed by atoms with Gasteiger partial charge in [0.25, 0.3) is 5.91 Å². The summed E-state index contributed by atoms with van der Waals surface area (Å²) in [5.41, 5.74) is 0.567. The van der Waals surface area contributed by atoms with Gasteiger partial charge < -0.3 is 15.4 Å². The largest absolute Gasteiger partial charge is 0.366 e. The van der Waals surface area contributed by atoms with Crippen molar-refractivity contribution >= 4 is 36.4 Å². The third kappa shape index (κ3) is 4.14. The lowest BCUT2D eigenvalue weighted by Crippen LogP contribution is -2.45. The molecule has 1 fully saturated rings. The monoisotopic (exact) mass is 346 g/mol. The minimum atomic E-state index is -0.493. The third-order valence-corrected chi connectivity index (χ3v) is 2.90. The molecule has 0 radical (unpaired) electrons. The van der Waals surface area contributed by atoms with Gasteiger partial charge in [0, 0.05) is 19.3 Å². The fourth-order valence-corrected chi connectivity index (χ4v) is 1.94. The van der Waals surface area contributed by atoms with E-state index in [0.717, 1.165) is 6.54 Å². The van der Waals surface area contributed by atoms with Crippen molar-refractivity contribution in [1.82, 2.24) is 25.1 Å². The number of carbonyl (C=O) groups is 1. The van der Waals surface area contributed by atoms with E-state index in [2.05, 4.69) is 25.7 Å². The number of carbonyl (C=O) groups excluding carboxylic acids is 1. The molecule has 8 nitrogen and oxygen atoms in total. The summed E-state index contributed by atoms with van der Waals surface area (Å²) in [4.78, 5) is 20.2. The lowest BCUT2D eigenvalue weighted by atomic mass is 10.2. The van der Waals surface area contributed by atoms with Crippen molar-refractivity contribution in [1.29, 1.82) is 0 Å². The molecule has 2 N–H and O–H groups in total. The SMILES string of the molecule is Cl.Cl.O=C(Nc1cccnc1-n1cncn1)C1CNCCO1. The van der Waals surface area contributed by atoms with E-state index in [1.165, 1.54) is 17.3 Å². The summed E-state index contributed by atoms with van der Waals surface area (Å²) in [7, 11) is 0. The average Bonchev–Trinajstić information content (AvgIpc) is 3.03. The molecule has 0 aromatic carbocycles. The number of nitrogens with one attached hydrogen (secondary N) is 2. The number of pyridine rings is 1. The van der Waals surface area contributed by atoms with Crippen molar-refractivity contribution in [2.45, 2.75) is 6.10 Å². The van der Waals surface area contributed by atoms with Gasteiger partial charge in [-0.2, -0.15) is 5.10 Å². The minimum absolute atomic E-state index is 0. The van der Waals surface area contributed by atoms with Gasteiger partial charge >= 0.3 is 0 Å². The number of ether oxygens (including phenoxy) is 1. The van der Waals surface area contributed by atoms with Gasteiger partial charge in [-0.1, -0.05) is 0 Å². The molecule has 2 aromatic heterocycles. The molecule has 2 aromatic rings. The second-order valence-corrected chi connectivity index (χ2v) is 4.27. The molecular formula is C12H16Cl2N6O2. The average molecular weight is 347 g/mol. The summed E-state index contributed by atoms with van der Waals surface area (Å²) < 4.78 is 6.91. The molecule has 0 aliphatic carbocycles. The van der Waals surface area contributed by atoms with Gasteiger partial charge in [0.1, 0.15) is 18.8 Å². The smallest absolute Gasteiger partial charge is 0.254 e. The van der Waals surface area contributed by atoms with Crippen molar-refractivity contribution < 1.29 is 9.53 Å². The Bertz CT molecular complexity index is 589. The predicted molar refractivity (Wildman–Crippen MR) is 84.9 cm³/mol. The number of morpholine rings is 1. The van der Waals surface area contributed by atoms with Gasteiger partial charge in [0.15, 0.2) is 5.82 Å². The van der Waals surface area contributed by atoms with E-state index in [9.17, 15) is 4.79 Å². The molecule has 0 saturated carbocycles. The Kier molecular flexibility index (Phi) is 7.19. The Labute approximate surface area is 139 Å². The first-order valence-corrected chi connectivity index (χ1v) is 6.28. The van der Waals surface area contributed by atoms with Crippen LogP contribution in [0.1, 0.15) is 0 Å². The van der Waals surface area contributed by atoms with Crippen LogP contribution in [0.25, 0.3) is 5.82 Å². The fourth-order valence-electron chi connectivity index (χ4n) is 1.94. The van der Waals surface area contributed by atoms with Crippen LogP contribution < -0.4 is 10.6 Å². The molecule has 1 amide bonds. The van der Waals surface area contributed by atoms with Crippen molar-refractivity contribution in [2.24, 2.45) is 0 Å². The summed E-state index contributed by atoms with van der Waals surface area (Å²) in [5.74, 6) is 0.314. The van der Waals surface area contributed by atoms with E-state index >= 15 is 0 Å². The number of halogens is 2. The molecule has 0 bridgehead atoms. The Morgan fingerprint density at radius 2 is 2.32 bits per heavy atom. The maximum absolute atomic E-state index is 12.1. The molecule has 3 heterocycles. The van der Waals surface area contributed by atoms with Gasteiger partial charge in [-0.3, -0.25) is 4.79 Å². The van der Waals surface area contributed by atoms with Gasteiger partial charge in [0.05, 0.1) is 12.3 Å². The zero-order valence-corrected chi connectivity index (χ0v) is 13.1. The molecular weight excluding hydrogens is 331 g/mol. The quantitative estimate of drug-likeness (QED) is 0.837. The lowest BCUT2D eigenvalue weighted by Gasteiger charge is -2.23. The Balaban J connectivity index is 0.00000121. The van der Waals surface area contributed by atoms with Crippen LogP contribution in [0.2, 0.25) is 0 Å². The third-order valence-electron chi connectivity index (χ3n) is 2.90. The Morgan fingerprint density at radius 1 is 1.45 bits per heavy atom. The first-order chi connectivity index (χ1) is 9.84. The molecule has 1 saturated heterocycles. The molecule has 1 aliphatic rings. The van der Waals surface area contributed by atoms with Crippen molar-refractivity contribution in [2.75, 3.05) is 25.0 Å². The number of anilines is 1. The molecule has 10 heteroatoms. The summed E-state index contributed by atoms with van der Waals surface area (Å²) in [6.45, 7) is 1.80. The maximum Gasteiger partial charge on any atom is 0.254 e. The Hall–Kier alpha value is -1.74. The number of aromatic nitrogens is 4. The highest BCUT2D eigenvalue weighted by molar-refractivity contribution is 5.95. The van der Waals surface area contributed by atoms with Gasteiger partial charge in [-0.25, -0.2) is 14.6 Å². The molecule has 0 spiro atoms. The number of hydrogen-bond acceptors (Lipinski definition) is 6. The second-order valence-electron chi connectivity index (χ2n) is 4.27. The van der Waals surface area contributed by atoms with Crippen LogP contribution in [-0.4, -0.2) is 51.5 Å². The molecule has 1 unspecified atom stereocenters. The molecule has 1 aliphatic heterocycles. The highest BCUT2D eigenvalue weighted by Crippen LogP contribution is 2.16. The van der Waals surface area contributed by atoms with Crippen LogP contribution in [0.15, 0.2) is 31.0 Å². The van der Waals surface area contributed by atoms with Crippen LogP contribution in [0.4, 0.5) is 5.69 Å². The molecule has 1 atom stereocenters. The lowest BCUT2D eigenvalue weighted by molar-refractivity contribution is -0.128. The number of amides is 1. The summed E-state index contributed by atoms with van der Waals surface area (Å²) in [6, 6.07) is 3.51. The maximum atomic E-state index is 12.1. The summed E-state index contributed by atoms with van der Waals surface area (Å²) in [5, 5.41) is 9.94. The zero-order valence-electron chi connectivity index (χ0n) is 11.5. The van der Waals surface area contributed by atoms with Gasteiger partial charge in [-0.15, -0.1) is 24.8 Å². The van der Waals surface area contributed by atoms with E-state index in [4.69, 9.17) is 4.74 Å². The predicted octanol–water partition coefficient (Wildman–Crippen LogP) is 0.433. The highest BCUT2D eigenvalue weighted by Gasteiger charge is 2.22. The summed E-state index contributed by atoms with van der Waals surface area (Å²) >= 11 is 0. The van der Waals surface area contributed by atoms with Crippen LogP contribution >= 0.6 is 24.8 Å². The van der Waals surface area contributed by atoms with E-state index in [1.54, 1.807) is 18.3 Å². The van der Waals surface area contributed by atoms with Gasteiger partial charge in [-0.05, 0) is 12.1 Å². The zero-order chi connectivity index (χ0) is 13.8. The highest BCUT2D eigenvalue weighted by atomic mass is 35.5. The molecule has 22 heavy (non-hydrogen) atoms. The summed E-state index contributed by atoms with van der Waals surface area (Å²) in [6.07, 6.45) is 4.07. The van der Waals surface area contributed by atoms with Crippen molar-refractivity contribution in [3.63, 3.8) is 0 Å². The van der Waals surface area contributed by atoms with Crippen LogP contribution in [0.3, 0.4) is 0 Å². The van der Waals surface area contributed by atoms with Crippen molar-refractivity contribution in [3.05, 3.63) is 31.0 Å². The van der Waals surface area contributed by atoms with E-state index in [1.807, 2.05) is 0 Å². The Morgan fingerprint density at radius 3 is 3.00 bits per heavy atom. The number of nitrogens with zero attached hydrogens (tertiary/aromatic N) is 4. The first-order valence-electron chi connectivity index (χ1n) is 6.28. The molecule has 120 valence electrons. The van der Waals surface area contributed by atoms with E-state index in [-0.39, 0.29) is 30.7 Å². The molecule has 3 rings (SSSR count). The van der Waals surface area contributed by atoms with Crippen LogP contribution in [-0.2, 0) is 9.53 Å². The fraction of sp³-hybridized carbons (Fsp3) is 0.333. The first kappa shape index (κ1) is 18.3. The van der Waals surface area contributed by atoms with Crippen LogP contribution in [0.5, 0.6) is 0 Å². The van der Waals surface area contributed by atoms with Crippen LogP contribution in [0, 0.1) is 0 Å². The van der Waals surface area contributed by atoms with Gasteiger partial charge in [0.2, 0.25) is 0 Å². The number of hydrogen-bond donors (Lipinski definition) is 2. The van der Waals surface area contributed by atoms with Crippen molar-refractivity contribution in [3.8, 4) is 5.82 Å². The second kappa shape index (κ2) is 8.64. The van der Waals surface area contributed by atoms with E-state index < -0.39 is 6.10 Å². The normalized spacial score (nSPS) is 17.0. The standard InChI is InChI=1S/C12H14N6O2.2ClH/c19-12(10-6-13-4-5-20-10)17-9-2-1-3-15-11(9)18-8-14-7-16-18;;/h1-3,7-8,10,13H,4-6H2,(H,17,19);2*1H.